The van der Waals surface area contributed by atoms with Crippen LogP contribution in [0.1, 0.15) is 40.0 Å². The molecule has 5 nitrogen and oxygen atoms in total. The standard InChI is InChI=1S/C19H19N3O2/c1-12-7-8-13(2)15(10-12)14(3)21-18(23)16-11-20-17-6-4-5-9-22(17)19(16)24/h4-11,14H,1-3H3,(H,21,23)/t14-/m1/s1. The highest BCUT2D eigenvalue weighted by Crippen LogP contribution is 2.19. The van der Waals surface area contributed by atoms with Crippen LogP contribution in [-0.2, 0) is 0 Å². The largest absolute Gasteiger partial charge is 0.345 e. The van der Waals surface area contributed by atoms with Gasteiger partial charge in [-0.15, -0.1) is 0 Å². The van der Waals surface area contributed by atoms with E-state index in [1.807, 2.05) is 39.0 Å². The Hall–Kier alpha value is -2.95. The fourth-order valence-corrected chi connectivity index (χ4v) is 2.76. The lowest BCUT2D eigenvalue weighted by molar-refractivity contribution is 0.0937. The zero-order chi connectivity index (χ0) is 17.3. The van der Waals surface area contributed by atoms with Gasteiger partial charge >= 0.3 is 0 Å². The SMILES string of the molecule is Cc1ccc(C)c([C@@H](C)NC(=O)c2cnc3ccccn3c2=O)c1. The van der Waals surface area contributed by atoms with Gasteiger partial charge < -0.3 is 5.32 Å². The number of rotatable bonds is 3. The molecule has 2 aromatic heterocycles. The number of nitrogens with one attached hydrogen (secondary N) is 1. The van der Waals surface area contributed by atoms with E-state index in [0.717, 1.165) is 16.7 Å². The molecule has 0 saturated carbocycles. The molecular formula is C19H19N3O2. The van der Waals surface area contributed by atoms with E-state index in [4.69, 9.17) is 0 Å². The number of carbonyl (C=O) groups is 1. The molecule has 1 aromatic carbocycles. The van der Waals surface area contributed by atoms with Crippen molar-refractivity contribution in [2.24, 2.45) is 0 Å². The number of pyridine rings is 1. The van der Waals surface area contributed by atoms with Crippen LogP contribution >= 0.6 is 0 Å². The molecule has 0 radical (unpaired) electrons. The lowest BCUT2D eigenvalue weighted by atomic mass is 10.00. The van der Waals surface area contributed by atoms with E-state index < -0.39 is 5.91 Å². The van der Waals surface area contributed by atoms with Gasteiger partial charge in [0.25, 0.3) is 11.5 Å². The Kier molecular flexibility index (Phi) is 4.16. The van der Waals surface area contributed by atoms with Crippen LogP contribution in [0.25, 0.3) is 5.65 Å². The highest BCUT2D eigenvalue weighted by Gasteiger charge is 2.17. The molecule has 24 heavy (non-hydrogen) atoms. The molecule has 0 spiro atoms. The molecule has 5 heteroatoms. The molecule has 3 aromatic rings. The first kappa shape index (κ1) is 15.9. The molecule has 0 aliphatic rings. The van der Waals surface area contributed by atoms with Crippen molar-refractivity contribution in [3.63, 3.8) is 0 Å². The highest BCUT2D eigenvalue weighted by atomic mass is 16.2. The summed E-state index contributed by atoms with van der Waals surface area (Å²) < 4.78 is 1.37. The fourth-order valence-electron chi connectivity index (χ4n) is 2.76. The van der Waals surface area contributed by atoms with Crippen molar-refractivity contribution in [1.82, 2.24) is 14.7 Å². The van der Waals surface area contributed by atoms with E-state index in [-0.39, 0.29) is 17.2 Å². The van der Waals surface area contributed by atoms with Gasteiger partial charge in [-0.3, -0.25) is 14.0 Å². The fraction of sp³-hybridized carbons (Fsp3) is 0.211. The number of hydrogen-bond acceptors (Lipinski definition) is 3. The molecule has 0 aliphatic heterocycles. The Morgan fingerprint density at radius 2 is 2.00 bits per heavy atom. The topological polar surface area (TPSA) is 63.5 Å². The second kappa shape index (κ2) is 6.28. The molecule has 0 aliphatic carbocycles. The first-order valence-electron chi connectivity index (χ1n) is 7.82. The van der Waals surface area contributed by atoms with Crippen LogP contribution in [0.4, 0.5) is 0 Å². The van der Waals surface area contributed by atoms with Crippen LogP contribution in [0.15, 0.2) is 53.6 Å². The summed E-state index contributed by atoms with van der Waals surface area (Å²) in [5.41, 5.74) is 3.45. The molecule has 0 bridgehead atoms. The van der Waals surface area contributed by atoms with Crippen molar-refractivity contribution in [3.05, 3.63) is 81.4 Å². The third kappa shape index (κ3) is 2.93. The number of carbonyl (C=O) groups excluding carboxylic acids is 1. The summed E-state index contributed by atoms with van der Waals surface area (Å²) >= 11 is 0. The highest BCUT2D eigenvalue weighted by molar-refractivity contribution is 5.94. The molecule has 0 saturated heterocycles. The number of benzene rings is 1. The minimum atomic E-state index is -0.417. The Morgan fingerprint density at radius 1 is 1.21 bits per heavy atom. The van der Waals surface area contributed by atoms with E-state index in [2.05, 4.69) is 10.3 Å². The predicted octanol–water partition coefficient (Wildman–Crippen LogP) is 2.80. The molecule has 122 valence electrons. The van der Waals surface area contributed by atoms with Gasteiger partial charge in [-0.25, -0.2) is 4.98 Å². The van der Waals surface area contributed by atoms with Gasteiger partial charge in [0.1, 0.15) is 11.2 Å². The molecular weight excluding hydrogens is 302 g/mol. The maximum absolute atomic E-state index is 12.5. The van der Waals surface area contributed by atoms with Gasteiger partial charge in [0.15, 0.2) is 0 Å². The van der Waals surface area contributed by atoms with Crippen LogP contribution in [-0.4, -0.2) is 15.3 Å². The number of nitrogens with zero attached hydrogens (tertiary/aromatic N) is 2. The average molecular weight is 321 g/mol. The predicted molar refractivity (Wildman–Crippen MR) is 93.3 cm³/mol. The zero-order valence-electron chi connectivity index (χ0n) is 13.9. The molecule has 1 atom stereocenters. The van der Waals surface area contributed by atoms with Crippen molar-refractivity contribution in [2.45, 2.75) is 26.8 Å². The first-order valence-corrected chi connectivity index (χ1v) is 7.82. The Labute approximate surface area is 140 Å². The lowest BCUT2D eigenvalue weighted by Gasteiger charge is -2.17. The molecule has 1 amide bonds. The number of fused-ring (bicyclic) bond motifs is 1. The third-order valence-electron chi connectivity index (χ3n) is 4.11. The summed E-state index contributed by atoms with van der Waals surface area (Å²) in [6.45, 7) is 5.92. The summed E-state index contributed by atoms with van der Waals surface area (Å²) in [6, 6.07) is 11.2. The van der Waals surface area contributed by atoms with Gasteiger partial charge in [0.05, 0.1) is 6.04 Å². The van der Waals surface area contributed by atoms with Crippen molar-refractivity contribution < 1.29 is 4.79 Å². The third-order valence-corrected chi connectivity index (χ3v) is 4.11. The number of amides is 1. The van der Waals surface area contributed by atoms with Gasteiger partial charge in [-0.2, -0.15) is 0 Å². The summed E-state index contributed by atoms with van der Waals surface area (Å²) in [4.78, 5) is 29.2. The molecule has 3 rings (SSSR count). The van der Waals surface area contributed by atoms with Crippen molar-refractivity contribution in [3.8, 4) is 0 Å². The smallest absolute Gasteiger partial charge is 0.270 e. The minimum Gasteiger partial charge on any atom is -0.345 e. The van der Waals surface area contributed by atoms with Crippen LogP contribution in [0.3, 0.4) is 0 Å². The number of aromatic nitrogens is 2. The maximum atomic E-state index is 12.5. The Balaban J connectivity index is 1.91. The van der Waals surface area contributed by atoms with Crippen LogP contribution in [0.5, 0.6) is 0 Å². The van der Waals surface area contributed by atoms with E-state index >= 15 is 0 Å². The van der Waals surface area contributed by atoms with Gasteiger partial charge in [0.2, 0.25) is 0 Å². The molecule has 0 unspecified atom stereocenters. The monoisotopic (exact) mass is 321 g/mol. The van der Waals surface area contributed by atoms with Gasteiger partial charge in [-0.05, 0) is 44.0 Å². The lowest BCUT2D eigenvalue weighted by Crippen LogP contribution is -2.33. The van der Waals surface area contributed by atoms with Gasteiger partial charge in [0, 0.05) is 12.4 Å². The summed E-state index contributed by atoms with van der Waals surface area (Å²) in [5, 5.41) is 2.89. The normalized spacial score (nSPS) is 12.1. The van der Waals surface area contributed by atoms with Crippen molar-refractivity contribution >= 4 is 11.6 Å². The number of aryl methyl sites for hydroxylation is 2. The van der Waals surface area contributed by atoms with Crippen LogP contribution < -0.4 is 10.9 Å². The molecule has 1 N–H and O–H groups in total. The average Bonchev–Trinajstić information content (AvgIpc) is 2.57. The second-order valence-corrected chi connectivity index (χ2v) is 5.96. The van der Waals surface area contributed by atoms with E-state index in [9.17, 15) is 9.59 Å². The van der Waals surface area contributed by atoms with Crippen LogP contribution in [0, 0.1) is 13.8 Å². The van der Waals surface area contributed by atoms with E-state index in [0.29, 0.717) is 5.65 Å². The quantitative estimate of drug-likeness (QED) is 0.807. The Bertz CT molecular complexity index is 976. The minimum absolute atomic E-state index is 0.0378. The Morgan fingerprint density at radius 3 is 2.79 bits per heavy atom. The molecule has 2 heterocycles. The van der Waals surface area contributed by atoms with Crippen molar-refractivity contribution in [1.29, 1.82) is 0 Å². The number of hydrogen-bond donors (Lipinski definition) is 1. The van der Waals surface area contributed by atoms with E-state index in [1.54, 1.807) is 24.4 Å². The molecule has 0 fully saturated rings. The summed E-state index contributed by atoms with van der Waals surface area (Å²) in [6.07, 6.45) is 2.94. The first-order chi connectivity index (χ1) is 11.5. The maximum Gasteiger partial charge on any atom is 0.270 e. The summed E-state index contributed by atoms with van der Waals surface area (Å²) in [7, 11) is 0. The summed E-state index contributed by atoms with van der Waals surface area (Å²) in [5.74, 6) is -0.417. The second-order valence-electron chi connectivity index (χ2n) is 5.96. The van der Waals surface area contributed by atoms with Crippen molar-refractivity contribution in [2.75, 3.05) is 0 Å². The zero-order valence-corrected chi connectivity index (χ0v) is 13.9. The van der Waals surface area contributed by atoms with E-state index in [1.165, 1.54) is 10.6 Å². The van der Waals surface area contributed by atoms with Crippen LogP contribution in [0.2, 0.25) is 0 Å². The van der Waals surface area contributed by atoms with Gasteiger partial charge in [-0.1, -0.05) is 29.8 Å².